The molecule has 0 aromatic rings. The van der Waals surface area contributed by atoms with Crippen LogP contribution in [-0.4, -0.2) is 36.5 Å². The van der Waals surface area contributed by atoms with Gasteiger partial charge in [-0.25, -0.2) is 0 Å². The third-order valence-corrected chi connectivity index (χ3v) is 3.94. The number of carbonyl (C=O) groups is 1. The first kappa shape index (κ1) is 15.5. The van der Waals surface area contributed by atoms with Crippen LogP contribution in [0.1, 0.15) is 53.9 Å². The van der Waals surface area contributed by atoms with Gasteiger partial charge in [-0.2, -0.15) is 0 Å². The SMILES string of the molecule is CCC(C)(C)C(=O)N(CC(C)C)CC1CCCN1. The van der Waals surface area contributed by atoms with Gasteiger partial charge in [-0.3, -0.25) is 4.79 Å². The van der Waals surface area contributed by atoms with Crippen LogP contribution in [0.4, 0.5) is 0 Å². The van der Waals surface area contributed by atoms with Gasteiger partial charge in [-0.15, -0.1) is 0 Å². The molecule has 18 heavy (non-hydrogen) atoms. The Morgan fingerprint density at radius 1 is 1.44 bits per heavy atom. The molecule has 1 amide bonds. The Bertz CT molecular complexity index is 268. The van der Waals surface area contributed by atoms with E-state index in [9.17, 15) is 4.79 Å². The summed E-state index contributed by atoms with van der Waals surface area (Å²) in [5.41, 5.74) is -0.229. The van der Waals surface area contributed by atoms with Crippen molar-refractivity contribution in [1.82, 2.24) is 10.2 Å². The van der Waals surface area contributed by atoms with Gasteiger partial charge in [0.1, 0.15) is 0 Å². The summed E-state index contributed by atoms with van der Waals surface area (Å²) in [5.74, 6) is 0.843. The number of nitrogens with one attached hydrogen (secondary N) is 1. The zero-order valence-corrected chi connectivity index (χ0v) is 12.8. The molecular weight excluding hydrogens is 224 g/mol. The van der Waals surface area contributed by atoms with E-state index in [1.165, 1.54) is 12.8 Å². The van der Waals surface area contributed by atoms with Crippen molar-refractivity contribution >= 4 is 5.91 Å². The Labute approximate surface area is 112 Å². The third-order valence-electron chi connectivity index (χ3n) is 3.94. The van der Waals surface area contributed by atoms with Gasteiger partial charge in [0.15, 0.2) is 0 Å². The molecule has 0 radical (unpaired) electrons. The summed E-state index contributed by atoms with van der Waals surface area (Å²) >= 11 is 0. The topological polar surface area (TPSA) is 32.3 Å². The second kappa shape index (κ2) is 6.55. The summed E-state index contributed by atoms with van der Waals surface area (Å²) in [6.07, 6.45) is 3.35. The van der Waals surface area contributed by atoms with E-state index >= 15 is 0 Å². The maximum Gasteiger partial charge on any atom is 0.228 e. The summed E-state index contributed by atoms with van der Waals surface area (Å²) < 4.78 is 0. The highest BCUT2D eigenvalue weighted by Crippen LogP contribution is 2.24. The first-order valence-electron chi connectivity index (χ1n) is 7.39. The summed E-state index contributed by atoms with van der Waals surface area (Å²) in [5, 5.41) is 3.49. The molecule has 1 rings (SSSR count). The number of hydrogen-bond donors (Lipinski definition) is 1. The van der Waals surface area contributed by atoms with Crippen LogP contribution in [0.15, 0.2) is 0 Å². The minimum atomic E-state index is -0.229. The van der Waals surface area contributed by atoms with Gasteiger partial charge in [-0.05, 0) is 31.7 Å². The fraction of sp³-hybridized carbons (Fsp3) is 0.933. The van der Waals surface area contributed by atoms with Crippen molar-refractivity contribution in [1.29, 1.82) is 0 Å². The number of carbonyl (C=O) groups excluding carboxylic acids is 1. The van der Waals surface area contributed by atoms with Gasteiger partial charge in [0.2, 0.25) is 5.91 Å². The van der Waals surface area contributed by atoms with E-state index in [-0.39, 0.29) is 5.41 Å². The molecule has 1 heterocycles. The summed E-state index contributed by atoms with van der Waals surface area (Å²) in [7, 11) is 0. The number of amides is 1. The van der Waals surface area contributed by atoms with Crippen LogP contribution in [0.25, 0.3) is 0 Å². The van der Waals surface area contributed by atoms with Crippen molar-refractivity contribution in [2.45, 2.75) is 59.9 Å². The monoisotopic (exact) mass is 254 g/mol. The van der Waals surface area contributed by atoms with Gasteiger partial charge in [0.05, 0.1) is 0 Å². The highest BCUT2D eigenvalue weighted by Gasteiger charge is 2.32. The molecule has 3 nitrogen and oxygen atoms in total. The molecule has 106 valence electrons. The quantitative estimate of drug-likeness (QED) is 0.790. The van der Waals surface area contributed by atoms with Gasteiger partial charge < -0.3 is 10.2 Å². The average molecular weight is 254 g/mol. The molecule has 0 bridgehead atoms. The first-order chi connectivity index (χ1) is 8.36. The molecular formula is C15H30N2O. The average Bonchev–Trinajstić information content (AvgIpc) is 2.79. The second-order valence-electron chi connectivity index (χ2n) is 6.63. The molecule has 1 unspecified atom stereocenters. The fourth-order valence-corrected chi connectivity index (χ4v) is 2.44. The van der Waals surface area contributed by atoms with Crippen molar-refractivity contribution in [2.24, 2.45) is 11.3 Å². The van der Waals surface area contributed by atoms with E-state index in [2.05, 4.69) is 44.8 Å². The van der Waals surface area contributed by atoms with Crippen LogP contribution in [0.5, 0.6) is 0 Å². The fourth-order valence-electron chi connectivity index (χ4n) is 2.44. The zero-order valence-electron chi connectivity index (χ0n) is 12.8. The Hall–Kier alpha value is -0.570. The first-order valence-corrected chi connectivity index (χ1v) is 7.39. The molecule has 1 saturated heterocycles. The maximum atomic E-state index is 12.6. The maximum absolute atomic E-state index is 12.6. The lowest BCUT2D eigenvalue weighted by Crippen LogP contribution is -2.47. The summed E-state index contributed by atoms with van der Waals surface area (Å²) in [6, 6.07) is 0.500. The van der Waals surface area contributed by atoms with E-state index in [0.717, 1.165) is 26.1 Å². The lowest BCUT2D eigenvalue weighted by Gasteiger charge is -2.34. The predicted molar refractivity (Wildman–Crippen MR) is 76.5 cm³/mol. The lowest BCUT2D eigenvalue weighted by atomic mass is 9.88. The summed E-state index contributed by atoms with van der Waals surface area (Å²) in [4.78, 5) is 14.7. The van der Waals surface area contributed by atoms with Crippen molar-refractivity contribution in [2.75, 3.05) is 19.6 Å². The Kier molecular flexibility index (Phi) is 5.64. The largest absolute Gasteiger partial charge is 0.340 e. The smallest absolute Gasteiger partial charge is 0.228 e. The molecule has 1 aliphatic heterocycles. The standard InChI is InChI=1S/C15H30N2O/c1-6-15(4,5)14(18)17(10-12(2)3)11-13-8-7-9-16-13/h12-13,16H,6-11H2,1-5H3. The Morgan fingerprint density at radius 2 is 2.11 bits per heavy atom. The minimum Gasteiger partial charge on any atom is -0.340 e. The molecule has 0 aromatic heterocycles. The predicted octanol–water partition coefficient (Wildman–Crippen LogP) is 2.66. The van der Waals surface area contributed by atoms with Gasteiger partial charge >= 0.3 is 0 Å². The van der Waals surface area contributed by atoms with Crippen LogP contribution in [-0.2, 0) is 4.79 Å². The van der Waals surface area contributed by atoms with Crippen molar-refractivity contribution in [3.63, 3.8) is 0 Å². The molecule has 3 heteroatoms. The zero-order chi connectivity index (χ0) is 13.8. The molecule has 0 saturated carbocycles. The van der Waals surface area contributed by atoms with Crippen molar-refractivity contribution in [3.05, 3.63) is 0 Å². The van der Waals surface area contributed by atoms with Crippen LogP contribution in [0.3, 0.4) is 0 Å². The van der Waals surface area contributed by atoms with E-state index in [1.807, 2.05) is 0 Å². The molecule has 0 aromatic carbocycles. The van der Waals surface area contributed by atoms with E-state index in [4.69, 9.17) is 0 Å². The highest BCUT2D eigenvalue weighted by atomic mass is 16.2. The van der Waals surface area contributed by atoms with Crippen molar-refractivity contribution < 1.29 is 4.79 Å². The molecule has 0 spiro atoms. The van der Waals surface area contributed by atoms with E-state index in [1.54, 1.807) is 0 Å². The van der Waals surface area contributed by atoms with E-state index < -0.39 is 0 Å². The van der Waals surface area contributed by atoms with Crippen LogP contribution >= 0.6 is 0 Å². The molecule has 1 fully saturated rings. The number of nitrogens with zero attached hydrogens (tertiary/aromatic N) is 1. The third kappa shape index (κ3) is 4.27. The minimum absolute atomic E-state index is 0.229. The van der Waals surface area contributed by atoms with Gasteiger partial charge in [-0.1, -0.05) is 34.6 Å². The molecule has 1 atom stereocenters. The van der Waals surface area contributed by atoms with Crippen molar-refractivity contribution in [3.8, 4) is 0 Å². The Balaban J connectivity index is 2.67. The number of hydrogen-bond acceptors (Lipinski definition) is 2. The normalized spacial score (nSPS) is 20.4. The van der Waals surface area contributed by atoms with Crippen LogP contribution in [0.2, 0.25) is 0 Å². The van der Waals surface area contributed by atoms with E-state index in [0.29, 0.717) is 17.9 Å². The molecule has 0 aliphatic carbocycles. The highest BCUT2D eigenvalue weighted by molar-refractivity contribution is 5.82. The van der Waals surface area contributed by atoms with Crippen LogP contribution in [0, 0.1) is 11.3 Å². The summed E-state index contributed by atoms with van der Waals surface area (Å²) in [6.45, 7) is 13.4. The second-order valence-corrected chi connectivity index (χ2v) is 6.63. The number of rotatable bonds is 6. The molecule has 1 aliphatic rings. The lowest BCUT2D eigenvalue weighted by molar-refractivity contribution is -0.141. The van der Waals surface area contributed by atoms with Gasteiger partial charge in [0, 0.05) is 24.5 Å². The Morgan fingerprint density at radius 3 is 2.56 bits per heavy atom. The molecule has 1 N–H and O–H groups in total. The van der Waals surface area contributed by atoms with Crippen LogP contribution < -0.4 is 5.32 Å². The van der Waals surface area contributed by atoms with Gasteiger partial charge in [0.25, 0.3) is 0 Å².